The molecule has 1 heterocycles. The number of nitrogens with zero attached hydrogens (tertiary/aromatic N) is 3. The fourth-order valence-corrected chi connectivity index (χ4v) is 3.89. The third kappa shape index (κ3) is 4.47. The van der Waals surface area contributed by atoms with E-state index in [4.69, 9.17) is 9.97 Å². The summed E-state index contributed by atoms with van der Waals surface area (Å²) in [5.74, 6) is 1.60. The molecule has 150 valence electrons. The summed E-state index contributed by atoms with van der Waals surface area (Å²) in [5, 5.41) is 7.73. The van der Waals surface area contributed by atoms with E-state index in [1.54, 1.807) is 0 Å². The van der Waals surface area contributed by atoms with Crippen molar-refractivity contribution in [1.29, 1.82) is 0 Å². The van der Waals surface area contributed by atoms with Crippen LogP contribution in [0.1, 0.15) is 36.0 Å². The van der Waals surface area contributed by atoms with Crippen molar-refractivity contribution in [2.45, 2.75) is 37.8 Å². The van der Waals surface area contributed by atoms with Gasteiger partial charge >= 0.3 is 0 Å². The lowest BCUT2D eigenvalue weighted by Crippen LogP contribution is -2.40. The molecule has 0 saturated heterocycles. The molecule has 29 heavy (non-hydrogen) atoms. The highest BCUT2D eigenvalue weighted by Crippen LogP contribution is 2.26. The summed E-state index contributed by atoms with van der Waals surface area (Å²) in [5.41, 5.74) is 1.66. The Balaban J connectivity index is 1.38. The van der Waals surface area contributed by atoms with Gasteiger partial charge in [0.25, 0.3) is 5.91 Å². The molecule has 2 aromatic carbocycles. The molecule has 0 spiro atoms. The molecule has 1 aliphatic carbocycles. The van der Waals surface area contributed by atoms with Crippen LogP contribution in [0.5, 0.6) is 0 Å². The van der Waals surface area contributed by atoms with E-state index < -0.39 is 0 Å². The normalized spacial score (nSPS) is 19.0. The number of aromatic nitrogens is 2. The van der Waals surface area contributed by atoms with Crippen LogP contribution in [0.3, 0.4) is 0 Å². The van der Waals surface area contributed by atoms with Crippen molar-refractivity contribution in [2.24, 2.45) is 0 Å². The summed E-state index contributed by atoms with van der Waals surface area (Å²) < 4.78 is 0. The maximum absolute atomic E-state index is 12.4. The molecule has 0 radical (unpaired) electrons. The second kappa shape index (κ2) is 8.47. The molecule has 1 saturated carbocycles. The monoisotopic (exact) mass is 389 g/mol. The van der Waals surface area contributed by atoms with Crippen molar-refractivity contribution in [2.75, 3.05) is 24.3 Å². The minimum atomic E-state index is 0.00972. The Bertz CT molecular complexity index is 981. The van der Waals surface area contributed by atoms with E-state index in [0.717, 1.165) is 42.4 Å². The second-order valence-electron chi connectivity index (χ2n) is 7.81. The summed E-state index contributed by atoms with van der Waals surface area (Å²) in [6.07, 6.45) is 3.86. The molecule has 1 fully saturated rings. The predicted octanol–water partition coefficient (Wildman–Crippen LogP) is 3.85. The van der Waals surface area contributed by atoms with Gasteiger partial charge in [0.2, 0.25) is 5.95 Å². The first kappa shape index (κ1) is 19.2. The molecule has 0 atom stereocenters. The van der Waals surface area contributed by atoms with E-state index in [-0.39, 0.29) is 11.9 Å². The zero-order valence-electron chi connectivity index (χ0n) is 16.9. The van der Waals surface area contributed by atoms with Gasteiger partial charge < -0.3 is 15.5 Å². The lowest BCUT2D eigenvalue weighted by atomic mass is 9.91. The Morgan fingerprint density at radius 1 is 0.897 bits per heavy atom. The number of carbonyl (C=O) groups is 1. The predicted molar refractivity (Wildman–Crippen MR) is 117 cm³/mol. The Kier molecular flexibility index (Phi) is 5.60. The zero-order valence-corrected chi connectivity index (χ0v) is 16.9. The number of rotatable bonds is 5. The first-order valence-electron chi connectivity index (χ1n) is 10.2. The number of benzene rings is 2. The standard InChI is InChI=1S/C23H27N5O/c1-28(2)21-19-10-6-7-11-20(19)26-23(27-21)25-18-14-12-17(13-15-18)24-22(29)16-8-4-3-5-9-16/h3-11,17-18H,12-15H2,1-2H3,(H,24,29)(H,25,26,27)/t17-,18+. The highest BCUT2D eigenvalue weighted by Gasteiger charge is 2.23. The lowest BCUT2D eigenvalue weighted by molar-refractivity contribution is 0.0926. The van der Waals surface area contributed by atoms with Crippen LogP contribution in [0.15, 0.2) is 54.6 Å². The largest absolute Gasteiger partial charge is 0.362 e. The molecule has 1 aliphatic rings. The number of carbonyl (C=O) groups excluding carboxylic acids is 1. The minimum Gasteiger partial charge on any atom is -0.362 e. The van der Waals surface area contributed by atoms with Crippen molar-refractivity contribution >= 4 is 28.6 Å². The summed E-state index contributed by atoms with van der Waals surface area (Å²) in [6, 6.07) is 18.0. The Labute approximate surface area is 171 Å². The SMILES string of the molecule is CN(C)c1nc(N[C@H]2CC[C@@H](NC(=O)c3ccccc3)CC2)nc2ccccc12. The Hall–Kier alpha value is -3.15. The van der Waals surface area contributed by atoms with Gasteiger partial charge in [0, 0.05) is 37.1 Å². The van der Waals surface area contributed by atoms with Gasteiger partial charge in [0.15, 0.2) is 0 Å². The molecule has 1 aromatic heterocycles. The fraction of sp³-hybridized carbons (Fsp3) is 0.348. The average Bonchev–Trinajstić information content (AvgIpc) is 2.75. The first-order valence-corrected chi connectivity index (χ1v) is 10.2. The summed E-state index contributed by atoms with van der Waals surface area (Å²) >= 11 is 0. The number of para-hydroxylation sites is 1. The highest BCUT2D eigenvalue weighted by atomic mass is 16.1. The number of amides is 1. The summed E-state index contributed by atoms with van der Waals surface area (Å²) in [6.45, 7) is 0. The molecule has 6 heteroatoms. The molecule has 2 N–H and O–H groups in total. The number of nitrogens with one attached hydrogen (secondary N) is 2. The molecule has 0 bridgehead atoms. The van der Waals surface area contributed by atoms with Crippen LogP contribution in [-0.2, 0) is 0 Å². The van der Waals surface area contributed by atoms with Crippen molar-refractivity contribution < 1.29 is 4.79 Å². The van der Waals surface area contributed by atoms with Gasteiger partial charge in [-0.3, -0.25) is 4.79 Å². The Morgan fingerprint density at radius 2 is 1.55 bits per heavy atom. The quantitative estimate of drug-likeness (QED) is 0.694. The van der Waals surface area contributed by atoms with Crippen molar-refractivity contribution in [1.82, 2.24) is 15.3 Å². The van der Waals surface area contributed by atoms with Crippen LogP contribution in [0.2, 0.25) is 0 Å². The fourth-order valence-electron chi connectivity index (χ4n) is 3.89. The van der Waals surface area contributed by atoms with E-state index >= 15 is 0 Å². The zero-order chi connectivity index (χ0) is 20.2. The van der Waals surface area contributed by atoms with Gasteiger partial charge in [-0.15, -0.1) is 0 Å². The third-order valence-corrected chi connectivity index (χ3v) is 5.44. The van der Waals surface area contributed by atoms with Gasteiger partial charge in [0.05, 0.1) is 5.52 Å². The van der Waals surface area contributed by atoms with Crippen LogP contribution < -0.4 is 15.5 Å². The summed E-state index contributed by atoms with van der Waals surface area (Å²) in [4.78, 5) is 23.8. The molecular formula is C23H27N5O. The maximum atomic E-state index is 12.4. The number of anilines is 2. The van der Waals surface area contributed by atoms with Crippen LogP contribution in [0.4, 0.5) is 11.8 Å². The van der Waals surface area contributed by atoms with E-state index in [0.29, 0.717) is 17.6 Å². The minimum absolute atomic E-state index is 0.00972. The highest BCUT2D eigenvalue weighted by molar-refractivity contribution is 5.94. The average molecular weight is 390 g/mol. The molecule has 0 aliphatic heterocycles. The molecule has 0 unspecified atom stereocenters. The van der Waals surface area contributed by atoms with Crippen LogP contribution in [0, 0.1) is 0 Å². The molecular weight excluding hydrogens is 362 g/mol. The van der Waals surface area contributed by atoms with Crippen LogP contribution in [0.25, 0.3) is 10.9 Å². The first-order chi connectivity index (χ1) is 14.1. The van der Waals surface area contributed by atoms with Crippen molar-refractivity contribution in [3.63, 3.8) is 0 Å². The van der Waals surface area contributed by atoms with E-state index in [9.17, 15) is 4.79 Å². The number of fused-ring (bicyclic) bond motifs is 1. The second-order valence-corrected chi connectivity index (χ2v) is 7.81. The smallest absolute Gasteiger partial charge is 0.251 e. The molecule has 3 aromatic rings. The van der Waals surface area contributed by atoms with E-state index in [2.05, 4.69) is 16.7 Å². The Morgan fingerprint density at radius 3 is 2.28 bits per heavy atom. The van der Waals surface area contributed by atoms with E-state index in [1.807, 2.05) is 67.5 Å². The number of hydrogen-bond acceptors (Lipinski definition) is 5. The number of hydrogen-bond donors (Lipinski definition) is 2. The van der Waals surface area contributed by atoms with Crippen molar-refractivity contribution in [3.8, 4) is 0 Å². The van der Waals surface area contributed by atoms with Gasteiger partial charge in [-0.05, 0) is 49.9 Å². The van der Waals surface area contributed by atoms with E-state index in [1.165, 1.54) is 0 Å². The molecule has 1 amide bonds. The third-order valence-electron chi connectivity index (χ3n) is 5.44. The van der Waals surface area contributed by atoms with Gasteiger partial charge in [-0.25, -0.2) is 4.98 Å². The van der Waals surface area contributed by atoms with Crippen LogP contribution in [-0.4, -0.2) is 42.1 Å². The van der Waals surface area contributed by atoms with Gasteiger partial charge in [0.1, 0.15) is 5.82 Å². The van der Waals surface area contributed by atoms with Gasteiger partial charge in [-0.1, -0.05) is 30.3 Å². The maximum Gasteiger partial charge on any atom is 0.251 e. The molecule has 6 nitrogen and oxygen atoms in total. The van der Waals surface area contributed by atoms with Crippen LogP contribution >= 0.6 is 0 Å². The van der Waals surface area contributed by atoms with Gasteiger partial charge in [-0.2, -0.15) is 4.98 Å². The molecule has 4 rings (SSSR count). The topological polar surface area (TPSA) is 70.2 Å². The summed E-state index contributed by atoms with van der Waals surface area (Å²) in [7, 11) is 4.00. The lowest BCUT2D eigenvalue weighted by Gasteiger charge is -2.30. The van der Waals surface area contributed by atoms with Crippen molar-refractivity contribution in [3.05, 3.63) is 60.2 Å².